The first-order valence-electron chi connectivity index (χ1n) is 7.52. The van der Waals surface area contributed by atoms with Gasteiger partial charge in [-0.3, -0.25) is 0 Å². The Hall–Kier alpha value is -1.37. The lowest BCUT2D eigenvalue weighted by molar-refractivity contribution is 0.101. The zero-order chi connectivity index (χ0) is 14.4. The van der Waals surface area contributed by atoms with Crippen molar-refractivity contribution in [3.05, 3.63) is 35.4 Å². The van der Waals surface area contributed by atoms with Crippen LogP contribution in [-0.4, -0.2) is 37.7 Å². The zero-order valence-electron chi connectivity index (χ0n) is 12.5. The fourth-order valence-electron chi connectivity index (χ4n) is 2.89. The maximum Gasteiger partial charge on any atom is 0.0991 e. The Morgan fingerprint density at radius 1 is 1.40 bits per heavy atom. The summed E-state index contributed by atoms with van der Waals surface area (Å²) in [5.74, 6) is 1.38. The molecule has 0 bridgehead atoms. The van der Waals surface area contributed by atoms with Crippen LogP contribution in [0.1, 0.15) is 25.0 Å². The minimum atomic E-state index is 0.667. The molecule has 3 heteroatoms. The number of nitriles is 1. The Morgan fingerprint density at radius 3 is 3.00 bits per heavy atom. The average molecular weight is 272 g/mol. The molecule has 0 aromatic heterocycles. The predicted octanol–water partition coefficient (Wildman–Crippen LogP) is 2.71. The van der Waals surface area contributed by atoms with Crippen LogP contribution >= 0.6 is 0 Å². The van der Waals surface area contributed by atoms with Crippen LogP contribution in [-0.2, 0) is 11.2 Å². The lowest BCUT2D eigenvalue weighted by Crippen LogP contribution is -2.24. The maximum atomic E-state index is 8.92. The van der Waals surface area contributed by atoms with Crippen LogP contribution in [0.15, 0.2) is 24.3 Å². The van der Waals surface area contributed by atoms with Gasteiger partial charge in [-0.15, -0.1) is 0 Å². The summed E-state index contributed by atoms with van der Waals surface area (Å²) in [7, 11) is 0. The molecule has 0 amide bonds. The quantitative estimate of drug-likeness (QED) is 0.799. The number of likely N-dealkylation sites (tertiary alicyclic amines) is 1. The van der Waals surface area contributed by atoms with E-state index in [2.05, 4.69) is 30.9 Å². The largest absolute Gasteiger partial charge is 0.381 e. The van der Waals surface area contributed by atoms with Gasteiger partial charge in [0.2, 0.25) is 0 Å². The van der Waals surface area contributed by atoms with E-state index in [4.69, 9.17) is 10.00 Å². The van der Waals surface area contributed by atoms with E-state index in [1.54, 1.807) is 0 Å². The lowest BCUT2D eigenvalue weighted by Gasteiger charge is -2.16. The predicted molar refractivity (Wildman–Crippen MR) is 80.4 cm³/mol. The van der Waals surface area contributed by atoms with Crippen LogP contribution in [0.3, 0.4) is 0 Å². The molecule has 0 N–H and O–H groups in total. The third-order valence-electron chi connectivity index (χ3n) is 4.15. The Labute approximate surface area is 122 Å². The second-order valence-corrected chi connectivity index (χ2v) is 5.72. The van der Waals surface area contributed by atoms with E-state index in [0.717, 1.165) is 44.8 Å². The highest BCUT2D eigenvalue weighted by Crippen LogP contribution is 2.23. The summed E-state index contributed by atoms with van der Waals surface area (Å²) in [6, 6.07) is 10.1. The van der Waals surface area contributed by atoms with Crippen molar-refractivity contribution >= 4 is 0 Å². The van der Waals surface area contributed by atoms with E-state index in [1.807, 2.05) is 18.2 Å². The average Bonchev–Trinajstić information content (AvgIpc) is 2.83. The van der Waals surface area contributed by atoms with Crippen LogP contribution in [0.5, 0.6) is 0 Å². The Balaban J connectivity index is 1.81. The Morgan fingerprint density at radius 2 is 2.25 bits per heavy atom. The molecule has 0 aliphatic carbocycles. The van der Waals surface area contributed by atoms with Gasteiger partial charge in [0.05, 0.1) is 18.2 Å². The van der Waals surface area contributed by atoms with Gasteiger partial charge in [-0.1, -0.05) is 19.1 Å². The molecular weight excluding hydrogens is 248 g/mol. The molecule has 1 aromatic rings. The van der Waals surface area contributed by atoms with Gasteiger partial charge in [0.25, 0.3) is 0 Å². The first-order valence-corrected chi connectivity index (χ1v) is 7.52. The van der Waals surface area contributed by atoms with Gasteiger partial charge < -0.3 is 9.64 Å². The molecule has 1 aliphatic heterocycles. The third-order valence-corrected chi connectivity index (χ3v) is 4.15. The van der Waals surface area contributed by atoms with Gasteiger partial charge in [-0.05, 0) is 42.9 Å². The molecule has 108 valence electrons. The van der Waals surface area contributed by atoms with Crippen molar-refractivity contribution in [2.24, 2.45) is 11.8 Å². The van der Waals surface area contributed by atoms with Crippen molar-refractivity contribution in [3.8, 4) is 6.07 Å². The molecule has 1 heterocycles. The number of nitrogens with zero attached hydrogens (tertiary/aromatic N) is 2. The molecule has 2 unspecified atom stereocenters. The van der Waals surface area contributed by atoms with Gasteiger partial charge in [-0.25, -0.2) is 0 Å². The molecule has 1 aliphatic rings. The molecule has 3 nitrogen and oxygen atoms in total. The fourth-order valence-corrected chi connectivity index (χ4v) is 2.89. The van der Waals surface area contributed by atoms with Crippen molar-refractivity contribution < 1.29 is 4.74 Å². The molecule has 2 rings (SSSR count). The van der Waals surface area contributed by atoms with Crippen LogP contribution in [0.25, 0.3) is 0 Å². The minimum Gasteiger partial charge on any atom is -0.381 e. The normalized spacial score (nSPS) is 22.9. The van der Waals surface area contributed by atoms with Crippen LogP contribution in [0.2, 0.25) is 0 Å². The van der Waals surface area contributed by atoms with E-state index in [0.29, 0.717) is 11.8 Å². The van der Waals surface area contributed by atoms with Crippen LogP contribution in [0.4, 0.5) is 0 Å². The first-order chi connectivity index (χ1) is 9.72. The van der Waals surface area contributed by atoms with Crippen molar-refractivity contribution in [1.82, 2.24) is 4.90 Å². The van der Waals surface area contributed by atoms with Crippen LogP contribution < -0.4 is 0 Å². The summed E-state index contributed by atoms with van der Waals surface area (Å²) >= 11 is 0. The summed E-state index contributed by atoms with van der Waals surface area (Å²) in [5.41, 5.74) is 2.01. The number of ether oxygens (including phenoxy) is 1. The van der Waals surface area contributed by atoms with Gasteiger partial charge in [0.15, 0.2) is 0 Å². The summed E-state index contributed by atoms with van der Waals surface area (Å²) in [6.07, 6.45) is 1.02. The topological polar surface area (TPSA) is 36.3 Å². The summed E-state index contributed by atoms with van der Waals surface area (Å²) in [5, 5.41) is 8.92. The highest BCUT2D eigenvalue weighted by atomic mass is 16.5. The molecule has 0 radical (unpaired) electrons. The van der Waals surface area contributed by atoms with Gasteiger partial charge in [-0.2, -0.15) is 5.26 Å². The van der Waals surface area contributed by atoms with Gasteiger partial charge >= 0.3 is 0 Å². The molecule has 2 atom stereocenters. The Kier molecular flexibility index (Phi) is 5.58. The van der Waals surface area contributed by atoms with E-state index >= 15 is 0 Å². The smallest absolute Gasteiger partial charge is 0.0991 e. The van der Waals surface area contributed by atoms with Crippen molar-refractivity contribution in [1.29, 1.82) is 5.26 Å². The molecule has 1 fully saturated rings. The Bertz CT molecular complexity index is 466. The summed E-state index contributed by atoms with van der Waals surface area (Å²) in [6.45, 7) is 9.44. The highest BCUT2D eigenvalue weighted by molar-refractivity contribution is 5.32. The monoisotopic (exact) mass is 272 g/mol. The summed E-state index contributed by atoms with van der Waals surface area (Å²) in [4.78, 5) is 2.52. The van der Waals surface area contributed by atoms with Crippen molar-refractivity contribution in [3.63, 3.8) is 0 Å². The standard InChI is InChI=1S/C17H24N2O/c1-3-20-13-17-12-19(11-14(17)2)8-7-15-5-4-6-16(9-15)10-18/h4-6,9,14,17H,3,7-8,11-13H2,1-2H3. The van der Waals surface area contributed by atoms with E-state index < -0.39 is 0 Å². The highest BCUT2D eigenvalue weighted by Gasteiger charge is 2.29. The van der Waals surface area contributed by atoms with Gasteiger partial charge in [0, 0.05) is 26.2 Å². The van der Waals surface area contributed by atoms with Crippen molar-refractivity contribution in [2.45, 2.75) is 20.3 Å². The SMILES string of the molecule is CCOCC1CN(CCc2cccc(C#N)c2)CC1C. The zero-order valence-corrected chi connectivity index (χ0v) is 12.5. The molecule has 0 spiro atoms. The number of hydrogen-bond acceptors (Lipinski definition) is 3. The minimum absolute atomic E-state index is 0.667. The summed E-state index contributed by atoms with van der Waals surface area (Å²) < 4.78 is 5.57. The first kappa shape index (κ1) is 15.0. The maximum absolute atomic E-state index is 8.92. The molecule has 20 heavy (non-hydrogen) atoms. The number of rotatable bonds is 6. The van der Waals surface area contributed by atoms with E-state index in [-0.39, 0.29) is 0 Å². The molecule has 1 saturated heterocycles. The fraction of sp³-hybridized carbons (Fsp3) is 0.588. The van der Waals surface area contributed by atoms with Crippen LogP contribution in [0, 0.1) is 23.2 Å². The third kappa shape index (κ3) is 4.06. The second kappa shape index (κ2) is 7.42. The number of hydrogen-bond donors (Lipinski definition) is 0. The molecular formula is C17H24N2O. The number of benzene rings is 1. The lowest BCUT2D eigenvalue weighted by atomic mass is 9.99. The van der Waals surface area contributed by atoms with Crippen molar-refractivity contribution in [2.75, 3.05) is 32.8 Å². The second-order valence-electron chi connectivity index (χ2n) is 5.72. The van der Waals surface area contributed by atoms with Gasteiger partial charge in [0.1, 0.15) is 0 Å². The van der Waals surface area contributed by atoms with E-state index in [1.165, 1.54) is 5.56 Å². The van der Waals surface area contributed by atoms with E-state index in [9.17, 15) is 0 Å². The molecule has 1 aromatic carbocycles. The molecule has 0 saturated carbocycles.